The SMILES string of the molecule is O=C(Nc1ccccc1)c1c(O)ccc2c1[nH]c1ccccc12. The molecule has 0 fully saturated rings. The Kier molecular flexibility index (Phi) is 3.01. The van der Waals surface area contributed by atoms with Gasteiger partial charge in [0.2, 0.25) is 0 Å². The highest BCUT2D eigenvalue weighted by Crippen LogP contribution is 2.32. The van der Waals surface area contributed by atoms with Crippen LogP contribution in [0.4, 0.5) is 5.69 Å². The number of fused-ring (bicyclic) bond motifs is 3. The van der Waals surface area contributed by atoms with Crippen LogP contribution in [-0.2, 0) is 0 Å². The maximum atomic E-state index is 12.6. The van der Waals surface area contributed by atoms with Crippen LogP contribution in [0.2, 0.25) is 0 Å². The highest BCUT2D eigenvalue weighted by Gasteiger charge is 2.18. The van der Waals surface area contributed by atoms with E-state index in [1.807, 2.05) is 48.5 Å². The minimum absolute atomic E-state index is 0.0440. The van der Waals surface area contributed by atoms with Crippen LogP contribution in [-0.4, -0.2) is 16.0 Å². The van der Waals surface area contributed by atoms with Gasteiger partial charge in [0.15, 0.2) is 0 Å². The smallest absolute Gasteiger partial charge is 0.261 e. The molecule has 0 radical (unpaired) electrons. The zero-order valence-corrected chi connectivity index (χ0v) is 12.2. The predicted molar refractivity (Wildman–Crippen MR) is 91.9 cm³/mol. The van der Waals surface area contributed by atoms with Gasteiger partial charge in [-0.2, -0.15) is 0 Å². The molecule has 4 rings (SSSR count). The molecule has 0 aliphatic heterocycles. The molecular weight excluding hydrogens is 288 g/mol. The van der Waals surface area contributed by atoms with E-state index in [9.17, 15) is 9.90 Å². The Balaban J connectivity index is 1.88. The van der Waals surface area contributed by atoms with Gasteiger partial charge >= 0.3 is 0 Å². The number of H-pyrrole nitrogens is 1. The van der Waals surface area contributed by atoms with Gasteiger partial charge in [-0.1, -0.05) is 36.4 Å². The lowest BCUT2D eigenvalue weighted by molar-refractivity contribution is 0.102. The van der Waals surface area contributed by atoms with Crippen LogP contribution in [0.1, 0.15) is 10.4 Å². The fourth-order valence-electron chi connectivity index (χ4n) is 2.85. The molecular formula is C19H14N2O2. The summed E-state index contributed by atoms with van der Waals surface area (Å²) in [5, 5.41) is 15.0. The number of phenols is 1. The topological polar surface area (TPSA) is 65.1 Å². The van der Waals surface area contributed by atoms with Crippen LogP contribution in [0, 0.1) is 0 Å². The van der Waals surface area contributed by atoms with E-state index in [1.54, 1.807) is 18.2 Å². The van der Waals surface area contributed by atoms with Gasteiger partial charge in [-0.3, -0.25) is 4.79 Å². The Bertz CT molecular complexity index is 1020. The lowest BCUT2D eigenvalue weighted by atomic mass is 10.1. The average Bonchev–Trinajstić information content (AvgIpc) is 2.93. The molecule has 0 atom stereocenters. The van der Waals surface area contributed by atoms with Crippen LogP contribution < -0.4 is 5.32 Å². The second kappa shape index (κ2) is 5.18. The van der Waals surface area contributed by atoms with Crippen molar-refractivity contribution >= 4 is 33.4 Å². The van der Waals surface area contributed by atoms with E-state index in [1.165, 1.54) is 0 Å². The number of para-hydroxylation sites is 2. The first-order valence-electron chi connectivity index (χ1n) is 7.33. The van der Waals surface area contributed by atoms with Crippen molar-refractivity contribution in [2.24, 2.45) is 0 Å². The number of anilines is 1. The summed E-state index contributed by atoms with van der Waals surface area (Å²) >= 11 is 0. The van der Waals surface area contributed by atoms with Gasteiger partial charge in [0.25, 0.3) is 5.91 Å². The molecule has 112 valence electrons. The third-order valence-electron chi connectivity index (χ3n) is 3.92. The number of carbonyl (C=O) groups excluding carboxylic acids is 1. The molecule has 1 amide bonds. The molecule has 23 heavy (non-hydrogen) atoms. The molecule has 4 aromatic rings. The van der Waals surface area contributed by atoms with Crippen molar-refractivity contribution in [3.8, 4) is 5.75 Å². The zero-order chi connectivity index (χ0) is 15.8. The van der Waals surface area contributed by atoms with Gasteiger partial charge in [-0.05, 0) is 30.3 Å². The van der Waals surface area contributed by atoms with Gasteiger partial charge in [-0.25, -0.2) is 0 Å². The molecule has 0 saturated heterocycles. The Labute approximate surface area is 132 Å². The largest absolute Gasteiger partial charge is 0.507 e. The number of benzene rings is 3. The summed E-state index contributed by atoms with van der Waals surface area (Å²) in [6, 6.07) is 20.4. The van der Waals surface area contributed by atoms with Crippen LogP contribution in [0.15, 0.2) is 66.7 Å². The molecule has 1 heterocycles. The predicted octanol–water partition coefficient (Wildman–Crippen LogP) is 4.28. The number of nitrogens with one attached hydrogen (secondary N) is 2. The van der Waals surface area contributed by atoms with Crippen molar-refractivity contribution in [2.75, 3.05) is 5.32 Å². The first kappa shape index (κ1) is 13.4. The molecule has 4 heteroatoms. The molecule has 3 N–H and O–H groups in total. The Morgan fingerprint density at radius 2 is 1.61 bits per heavy atom. The fourth-order valence-corrected chi connectivity index (χ4v) is 2.85. The highest BCUT2D eigenvalue weighted by molar-refractivity contribution is 6.19. The van der Waals surface area contributed by atoms with E-state index in [-0.39, 0.29) is 17.2 Å². The molecule has 1 aromatic heterocycles. The number of aromatic nitrogens is 1. The van der Waals surface area contributed by atoms with Crippen molar-refractivity contribution in [2.45, 2.75) is 0 Å². The number of hydrogen-bond donors (Lipinski definition) is 3. The lowest BCUT2D eigenvalue weighted by Gasteiger charge is -2.08. The molecule has 0 aliphatic carbocycles. The van der Waals surface area contributed by atoms with Crippen molar-refractivity contribution in [3.63, 3.8) is 0 Å². The summed E-state index contributed by atoms with van der Waals surface area (Å²) in [7, 11) is 0. The zero-order valence-electron chi connectivity index (χ0n) is 12.2. The minimum atomic E-state index is -0.342. The van der Waals surface area contributed by atoms with Crippen molar-refractivity contribution < 1.29 is 9.90 Å². The van der Waals surface area contributed by atoms with Gasteiger partial charge in [0.05, 0.1) is 5.52 Å². The average molecular weight is 302 g/mol. The second-order valence-corrected chi connectivity index (χ2v) is 5.37. The van der Waals surface area contributed by atoms with Crippen LogP contribution in [0.25, 0.3) is 21.8 Å². The van der Waals surface area contributed by atoms with Gasteiger partial charge in [0, 0.05) is 22.0 Å². The van der Waals surface area contributed by atoms with Crippen molar-refractivity contribution in [1.82, 2.24) is 4.98 Å². The van der Waals surface area contributed by atoms with Crippen molar-refractivity contribution in [3.05, 3.63) is 72.3 Å². The Morgan fingerprint density at radius 1 is 0.870 bits per heavy atom. The number of rotatable bonds is 2. The van der Waals surface area contributed by atoms with E-state index in [4.69, 9.17) is 0 Å². The van der Waals surface area contributed by atoms with Crippen molar-refractivity contribution in [1.29, 1.82) is 0 Å². The summed E-state index contributed by atoms with van der Waals surface area (Å²) in [6.45, 7) is 0. The normalized spacial score (nSPS) is 11.0. The van der Waals surface area contributed by atoms with E-state index in [0.717, 1.165) is 16.3 Å². The lowest BCUT2D eigenvalue weighted by Crippen LogP contribution is -2.12. The first-order valence-corrected chi connectivity index (χ1v) is 7.33. The summed E-state index contributed by atoms with van der Waals surface area (Å²) < 4.78 is 0. The van der Waals surface area contributed by atoms with Crippen LogP contribution >= 0.6 is 0 Å². The summed E-state index contributed by atoms with van der Waals surface area (Å²) in [5.74, 6) is -0.386. The van der Waals surface area contributed by atoms with E-state index >= 15 is 0 Å². The highest BCUT2D eigenvalue weighted by atomic mass is 16.3. The van der Waals surface area contributed by atoms with E-state index < -0.39 is 0 Å². The van der Waals surface area contributed by atoms with Crippen LogP contribution in [0.5, 0.6) is 5.75 Å². The summed E-state index contributed by atoms with van der Waals surface area (Å²) in [6.07, 6.45) is 0. The summed E-state index contributed by atoms with van der Waals surface area (Å²) in [4.78, 5) is 15.9. The van der Waals surface area contributed by atoms with Gasteiger partial charge in [0.1, 0.15) is 11.3 Å². The van der Waals surface area contributed by atoms with Crippen LogP contribution in [0.3, 0.4) is 0 Å². The monoisotopic (exact) mass is 302 g/mol. The summed E-state index contributed by atoms with van der Waals surface area (Å²) in [5.41, 5.74) is 2.51. The third kappa shape index (κ3) is 2.21. The number of carbonyl (C=O) groups is 1. The molecule has 0 saturated carbocycles. The Morgan fingerprint density at radius 3 is 2.43 bits per heavy atom. The quantitative estimate of drug-likeness (QED) is 0.517. The Hall–Kier alpha value is -3.27. The number of aromatic amines is 1. The molecule has 0 aliphatic rings. The maximum Gasteiger partial charge on any atom is 0.261 e. The number of phenolic OH excluding ortho intramolecular Hbond substituents is 1. The number of hydrogen-bond acceptors (Lipinski definition) is 2. The van der Waals surface area contributed by atoms with E-state index in [0.29, 0.717) is 11.2 Å². The maximum absolute atomic E-state index is 12.6. The van der Waals surface area contributed by atoms with E-state index in [2.05, 4.69) is 10.3 Å². The molecule has 4 nitrogen and oxygen atoms in total. The van der Waals surface area contributed by atoms with Gasteiger partial charge < -0.3 is 15.4 Å². The third-order valence-corrected chi connectivity index (χ3v) is 3.92. The fraction of sp³-hybridized carbons (Fsp3) is 0. The standard InChI is InChI=1S/C19H14N2O2/c22-16-11-10-14-13-8-4-5-9-15(13)21-18(14)17(16)19(23)20-12-6-2-1-3-7-12/h1-11,21-22H,(H,20,23). The second-order valence-electron chi connectivity index (χ2n) is 5.37. The molecule has 0 bridgehead atoms. The minimum Gasteiger partial charge on any atom is -0.507 e. The number of aromatic hydroxyl groups is 1. The molecule has 0 unspecified atom stereocenters. The molecule has 3 aromatic carbocycles. The van der Waals surface area contributed by atoms with Gasteiger partial charge in [-0.15, -0.1) is 0 Å². The first-order chi connectivity index (χ1) is 11.2. The number of amides is 1. The molecule has 0 spiro atoms.